The molecule has 1 aromatic rings. The van der Waals surface area contributed by atoms with E-state index in [1.165, 1.54) is 11.8 Å². The molecule has 1 heterocycles. The topological polar surface area (TPSA) is 62.2 Å². The smallest absolute Gasteiger partial charge is 0.395 e. The Morgan fingerprint density at radius 1 is 1.50 bits per heavy atom. The Hall–Kier alpha value is -1.28. The number of carbonyl (C=O) groups is 1. The van der Waals surface area contributed by atoms with Gasteiger partial charge in [0.05, 0.1) is 12.2 Å². The first kappa shape index (κ1) is 16.8. The monoisotopic (exact) mass is 308 g/mol. The number of nitrogens with zero attached hydrogens (tertiary/aromatic N) is 1. The van der Waals surface area contributed by atoms with E-state index in [1.54, 1.807) is 13.2 Å². The van der Waals surface area contributed by atoms with E-state index >= 15 is 0 Å². The first-order valence-electron chi connectivity index (χ1n) is 5.77. The highest BCUT2D eigenvalue weighted by Crippen LogP contribution is 2.28. The molecule has 0 fully saturated rings. The van der Waals surface area contributed by atoms with Crippen LogP contribution in [0, 0.1) is 0 Å². The predicted octanol–water partition coefficient (Wildman–Crippen LogP) is 1.94. The number of hydrogen-bond acceptors (Lipinski definition) is 4. The van der Waals surface area contributed by atoms with Gasteiger partial charge in [0.25, 0.3) is 5.91 Å². The van der Waals surface area contributed by atoms with Crippen molar-refractivity contribution in [3.63, 3.8) is 0 Å². The minimum absolute atomic E-state index is 0.0948. The summed E-state index contributed by atoms with van der Waals surface area (Å²) >= 11 is 1.39. The van der Waals surface area contributed by atoms with Gasteiger partial charge in [0.15, 0.2) is 0 Å². The number of amides is 1. The van der Waals surface area contributed by atoms with Gasteiger partial charge in [-0.05, 0) is 25.3 Å². The molecule has 2 unspecified atom stereocenters. The van der Waals surface area contributed by atoms with Crippen LogP contribution in [0.1, 0.15) is 23.0 Å². The molecule has 4 nitrogen and oxygen atoms in total. The quantitative estimate of drug-likeness (QED) is 0.873. The number of thioether (sulfide) groups is 1. The third-order valence-electron chi connectivity index (χ3n) is 2.72. The molecule has 8 heteroatoms. The van der Waals surface area contributed by atoms with Gasteiger partial charge < -0.3 is 10.4 Å². The normalized spacial score (nSPS) is 14.7. The molecule has 1 rings (SSSR count). The number of halogens is 3. The molecule has 112 valence electrons. The number of aliphatic hydroxyl groups excluding tert-OH is 1. The largest absolute Gasteiger partial charge is 0.417 e. The zero-order valence-electron chi connectivity index (χ0n) is 10.9. The van der Waals surface area contributed by atoms with Crippen LogP contribution in [0.3, 0.4) is 0 Å². The van der Waals surface area contributed by atoms with Crippen LogP contribution in [-0.4, -0.2) is 40.2 Å². The molecular weight excluding hydrogens is 293 g/mol. The molecule has 0 saturated carbocycles. The molecule has 20 heavy (non-hydrogen) atoms. The Morgan fingerprint density at radius 2 is 2.15 bits per heavy atom. The van der Waals surface area contributed by atoms with Gasteiger partial charge in [0.1, 0.15) is 5.69 Å². The van der Waals surface area contributed by atoms with Crippen LogP contribution < -0.4 is 5.32 Å². The summed E-state index contributed by atoms with van der Waals surface area (Å²) in [6, 6.07) is 1.51. The van der Waals surface area contributed by atoms with E-state index in [1.807, 2.05) is 0 Å². The van der Waals surface area contributed by atoms with Gasteiger partial charge in [-0.1, -0.05) is 0 Å². The molecular formula is C12H15F3N2O2S. The molecule has 1 aromatic heterocycles. The number of rotatable bonds is 5. The zero-order valence-corrected chi connectivity index (χ0v) is 11.8. The summed E-state index contributed by atoms with van der Waals surface area (Å²) in [4.78, 5) is 15.3. The van der Waals surface area contributed by atoms with Gasteiger partial charge in [-0.25, -0.2) is 0 Å². The first-order chi connectivity index (χ1) is 9.29. The Balaban J connectivity index is 2.73. The van der Waals surface area contributed by atoms with Gasteiger partial charge in [0.2, 0.25) is 0 Å². The summed E-state index contributed by atoms with van der Waals surface area (Å²) in [5, 5.41) is 11.5. The van der Waals surface area contributed by atoms with Crippen molar-refractivity contribution in [1.29, 1.82) is 0 Å². The second-order valence-electron chi connectivity index (χ2n) is 4.15. The summed E-state index contributed by atoms with van der Waals surface area (Å²) in [6.07, 6.45) is -2.06. The lowest BCUT2D eigenvalue weighted by molar-refractivity contribution is -0.137. The minimum atomic E-state index is -4.48. The minimum Gasteiger partial charge on any atom is -0.395 e. The summed E-state index contributed by atoms with van der Waals surface area (Å²) in [7, 11) is 0. The number of carbonyl (C=O) groups excluding carboxylic acids is 1. The number of hydrogen-bond donors (Lipinski definition) is 2. The van der Waals surface area contributed by atoms with Gasteiger partial charge in [-0.2, -0.15) is 24.9 Å². The van der Waals surface area contributed by atoms with E-state index in [4.69, 9.17) is 5.11 Å². The Labute approximate surface area is 118 Å². The van der Waals surface area contributed by atoms with E-state index < -0.39 is 17.6 Å². The number of nitrogens with one attached hydrogen (secondary N) is 1. The number of aliphatic hydroxyl groups is 1. The van der Waals surface area contributed by atoms with Crippen molar-refractivity contribution < 1.29 is 23.1 Å². The fourth-order valence-corrected chi connectivity index (χ4v) is 2.13. The Kier molecular flexibility index (Phi) is 5.82. The lowest BCUT2D eigenvalue weighted by Gasteiger charge is -2.21. The molecule has 0 radical (unpaired) electrons. The average Bonchev–Trinajstić information content (AvgIpc) is 2.39. The van der Waals surface area contributed by atoms with Crippen LogP contribution in [-0.2, 0) is 6.18 Å². The van der Waals surface area contributed by atoms with Crippen molar-refractivity contribution in [1.82, 2.24) is 10.3 Å². The van der Waals surface area contributed by atoms with E-state index in [2.05, 4.69) is 10.3 Å². The Bertz CT molecular complexity index is 447. The van der Waals surface area contributed by atoms with E-state index in [0.717, 1.165) is 12.1 Å². The average molecular weight is 308 g/mol. The van der Waals surface area contributed by atoms with Crippen LogP contribution >= 0.6 is 11.8 Å². The molecule has 0 saturated heterocycles. The highest BCUT2D eigenvalue weighted by atomic mass is 32.2. The number of pyridine rings is 1. The third-order valence-corrected chi connectivity index (χ3v) is 3.89. The lowest BCUT2D eigenvalue weighted by atomic mass is 10.2. The fourth-order valence-electron chi connectivity index (χ4n) is 1.51. The molecule has 1 amide bonds. The van der Waals surface area contributed by atoms with Crippen molar-refractivity contribution in [2.24, 2.45) is 0 Å². The highest BCUT2D eigenvalue weighted by Gasteiger charge is 2.31. The van der Waals surface area contributed by atoms with Crippen LogP contribution in [0.5, 0.6) is 0 Å². The van der Waals surface area contributed by atoms with E-state index in [0.29, 0.717) is 6.20 Å². The summed E-state index contributed by atoms with van der Waals surface area (Å²) in [5.41, 5.74) is -0.998. The molecule has 2 atom stereocenters. The van der Waals surface area contributed by atoms with Crippen LogP contribution in [0.15, 0.2) is 18.3 Å². The zero-order chi connectivity index (χ0) is 15.3. The Morgan fingerprint density at radius 3 is 2.55 bits per heavy atom. The fraction of sp³-hybridized carbons (Fsp3) is 0.500. The number of alkyl halides is 3. The molecule has 0 aromatic carbocycles. The molecule has 2 N–H and O–H groups in total. The molecule has 0 aliphatic rings. The third kappa shape index (κ3) is 4.38. The second kappa shape index (κ2) is 6.94. The summed E-state index contributed by atoms with van der Waals surface area (Å²) in [5.74, 6) is -0.571. The summed E-state index contributed by atoms with van der Waals surface area (Å²) in [6.45, 7) is 1.60. The van der Waals surface area contributed by atoms with Crippen molar-refractivity contribution in [3.8, 4) is 0 Å². The molecule has 0 spiro atoms. The van der Waals surface area contributed by atoms with Crippen LogP contribution in [0.2, 0.25) is 0 Å². The van der Waals surface area contributed by atoms with Gasteiger partial charge in [-0.3, -0.25) is 9.78 Å². The van der Waals surface area contributed by atoms with Crippen molar-refractivity contribution in [2.45, 2.75) is 24.4 Å². The highest BCUT2D eigenvalue weighted by molar-refractivity contribution is 7.99. The maximum Gasteiger partial charge on any atom is 0.417 e. The van der Waals surface area contributed by atoms with Crippen molar-refractivity contribution in [3.05, 3.63) is 29.6 Å². The standard InChI is InChI=1S/C12H15F3N2O2S/c1-7(10(6-18)20-2)17-11(19)9-4-3-8(5-16-9)12(13,14)15/h3-5,7,10,18H,6H2,1-2H3,(H,17,19). The SMILES string of the molecule is CSC(CO)C(C)NC(=O)c1ccc(C(F)(F)F)cn1. The van der Waals surface area contributed by atoms with Crippen LogP contribution in [0.25, 0.3) is 0 Å². The van der Waals surface area contributed by atoms with Gasteiger partial charge in [0, 0.05) is 17.5 Å². The maximum absolute atomic E-state index is 12.4. The lowest BCUT2D eigenvalue weighted by Crippen LogP contribution is -2.41. The molecule has 0 aliphatic heterocycles. The molecule has 0 bridgehead atoms. The van der Waals surface area contributed by atoms with Gasteiger partial charge >= 0.3 is 6.18 Å². The van der Waals surface area contributed by atoms with Crippen LogP contribution in [0.4, 0.5) is 13.2 Å². The number of aromatic nitrogens is 1. The van der Waals surface area contributed by atoms with E-state index in [-0.39, 0.29) is 23.6 Å². The van der Waals surface area contributed by atoms with E-state index in [9.17, 15) is 18.0 Å². The first-order valence-corrected chi connectivity index (χ1v) is 7.06. The van der Waals surface area contributed by atoms with Crippen molar-refractivity contribution >= 4 is 17.7 Å². The molecule has 0 aliphatic carbocycles. The summed E-state index contributed by atoms with van der Waals surface area (Å²) < 4.78 is 37.1. The van der Waals surface area contributed by atoms with Crippen molar-refractivity contribution in [2.75, 3.05) is 12.9 Å². The predicted molar refractivity (Wildman–Crippen MR) is 70.6 cm³/mol. The second-order valence-corrected chi connectivity index (χ2v) is 5.23. The van der Waals surface area contributed by atoms with Gasteiger partial charge in [-0.15, -0.1) is 0 Å². The maximum atomic E-state index is 12.4.